The minimum Gasteiger partial charge on any atom is -0.573 e. The Morgan fingerprint density at radius 2 is 1.87 bits per heavy atom. The van der Waals surface area contributed by atoms with Crippen molar-refractivity contribution in [3.63, 3.8) is 0 Å². The van der Waals surface area contributed by atoms with E-state index in [2.05, 4.69) is 25.3 Å². The van der Waals surface area contributed by atoms with Crippen molar-refractivity contribution >= 4 is 38.9 Å². The fraction of sp³-hybridized carbons (Fsp3) is 0. The van der Waals surface area contributed by atoms with Gasteiger partial charge in [0.25, 0.3) is 0 Å². The highest BCUT2D eigenvalue weighted by atomic mass is 35.5. The van der Waals surface area contributed by atoms with E-state index < -0.39 is 10.0 Å². The summed E-state index contributed by atoms with van der Waals surface area (Å²) in [5, 5.41) is 13.5. The van der Waals surface area contributed by atoms with Gasteiger partial charge in [-0.15, -0.1) is 15.9 Å². The lowest BCUT2D eigenvalue weighted by atomic mass is 10.2. The highest BCUT2D eigenvalue weighted by Gasteiger charge is 2.12. The molecule has 0 saturated carbocycles. The highest BCUT2D eigenvalue weighted by molar-refractivity contribution is 7.94. The van der Waals surface area contributed by atoms with E-state index in [4.69, 9.17) is 23.2 Å². The summed E-state index contributed by atoms with van der Waals surface area (Å²) in [7, 11) is -4.01. The third kappa shape index (κ3) is 3.29. The maximum atomic E-state index is 12.4. The Morgan fingerprint density at radius 1 is 1.09 bits per heavy atom. The molecule has 1 N–H and O–H groups in total. The molecule has 0 bridgehead atoms. The predicted molar refractivity (Wildman–Crippen MR) is 86.3 cm³/mol. The molecule has 0 aliphatic rings. The number of tetrazole rings is 1. The van der Waals surface area contributed by atoms with Gasteiger partial charge < -0.3 is 4.72 Å². The molecule has 0 saturated heterocycles. The molecule has 0 unspecified atom stereocenters. The number of hydrogen-bond acceptors (Lipinski definition) is 5. The van der Waals surface area contributed by atoms with E-state index in [0.717, 1.165) is 0 Å². The van der Waals surface area contributed by atoms with Crippen molar-refractivity contribution in [1.82, 2.24) is 20.6 Å². The van der Waals surface area contributed by atoms with Gasteiger partial charge in [-0.2, -0.15) is 5.21 Å². The van der Waals surface area contributed by atoms with E-state index in [9.17, 15) is 8.42 Å². The lowest BCUT2D eigenvalue weighted by Crippen LogP contribution is -1.99. The van der Waals surface area contributed by atoms with Gasteiger partial charge in [0, 0.05) is 5.56 Å². The summed E-state index contributed by atoms with van der Waals surface area (Å²) < 4.78 is 28.6. The van der Waals surface area contributed by atoms with Crippen LogP contribution in [0.4, 0.5) is 5.69 Å². The van der Waals surface area contributed by atoms with Crippen LogP contribution in [-0.2, 0) is 10.0 Å². The maximum Gasteiger partial charge on any atom is 0.204 e. The van der Waals surface area contributed by atoms with E-state index in [-0.39, 0.29) is 20.6 Å². The zero-order chi connectivity index (χ0) is 16.4. The van der Waals surface area contributed by atoms with E-state index in [1.807, 2.05) is 0 Å². The Balaban J connectivity index is 1.95. The second-order valence-corrected chi connectivity index (χ2v) is 6.76. The zero-order valence-electron chi connectivity index (χ0n) is 11.3. The van der Waals surface area contributed by atoms with E-state index in [1.165, 1.54) is 24.3 Å². The van der Waals surface area contributed by atoms with Crippen LogP contribution in [0.25, 0.3) is 16.1 Å². The van der Waals surface area contributed by atoms with Gasteiger partial charge in [0.1, 0.15) is 10.0 Å². The van der Waals surface area contributed by atoms with Crippen LogP contribution in [-0.4, -0.2) is 29.0 Å². The van der Waals surface area contributed by atoms with Crippen LogP contribution >= 0.6 is 23.2 Å². The molecule has 3 aromatic rings. The Hall–Kier alpha value is -2.16. The molecule has 0 aliphatic carbocycles. The molecule has 10 heteroatoms. The molecule has 1 heterocycles. The van der Waals surface area contributed by atoms with Crippen LogP contribution in [0, 0.1) is 0 Å². The normalized spacial score (nSPS) is 11.4. The fourth-order valence-corrected chi connectivity index (χ4v) is 3.58. The standard InChI is InChI=1S/C13H8Cl2N5O2S/c14-10-5-2-6-11(12(10)15)23(21,22)18-9-4-1-3-8(7-9)13-16-19-20-17-13/h1-7H,(H,16,17,19,20)/q-1. The number of halogens is 2. The summed E-state index contributed by atoms with van der Waals surface area (Å²) in [4.78, 5) is -0.156. The summed E-state index contributed by atoms with van der Waals surface area (Å²) in [6.07, 6.45) is 0. The second kappa shape index (κ2) is 6.15. The zero-order valence-corrected chi connectivity index (χ0v) is 13.6. The number of sulfonamides is 1. The van der Waals surface area contributed by atoms with Gasteiger partial charge in [-0.05, 0) is 17.3 Å². The van der Waals surface area contributed by atoms with Gasteiger partial charge >= 0.3 is 0 Å². The van der Waals surface area contributed by atoms with Crippen molar-refractivity contribution in [3.8, 4) is 11.4 Å². The average Bonchev–Trinajstić information content (AvgIpc) is 3.04. The topological polar surface area (TPSA) is 103 Å². The van der Waals surface area contributed by atoms with Crippen molar-refractivity contribution in [2.75, 3.05) is 0 Å². The van der Waals surface area contributed by atoms with Crippen LogP contribution in [0.1, 0.15) is 0 Å². The van der Waals surface area contributed by atoms with Crippen LogP contribution < -0.4 is 0 Å². The molecule has 0 atom stereocenters. The number of H-pyrrole nitrogens is 1. The first-order chi connectivity index (χ1) is 11.0. The Labute approximate surface area is 141 Å². The maximum absolute atomic E-state index is 12.4. The van der Waals surface area contributed by atoms with Gasteiger partial charge in [-0.25, -0.2) is 8.42 Å². The molecule has 0 aliphatic heterocycles. The minimum atomic E-state index is -4.01. The number of hydrogen-bond donors (Lipinski definition) is 1. The lowest BCUT2D eigenvalue weighted by Gasteiger charge is -2.23. The highest BCUT2D eigenvalue weighted by Crippen LogP contribution is 2.35. The van der Waals surface area contributed by atoms with Crippen molar-refractivity contribution in [1.29, 1.82) is 0 Å². The number of nitrogens with zero attached hydrogens (tertiary/aromatic N) is 4. The number of aromatic nitrogens is 4. The van der Waals surface area contributed by atoms with Crippen LogP contribution in [0.3, 0.4) is 0 Å². The summed E-state index contributed by atoms with van der Waals surface area (Å²) in [5.74, 6) is 0.334. The molecule has 0 radical (unpaired) electrons. The second-order valence-electron chi connectivity index (χ2n) is 4.40. The van der Waals surface area contributed by atoms with Gasteiger partial charge in [0.2, 0.25) is 5.82 Å². The third-order valence-electron chi connectivity index (χ3n) is 2.87. The Bertz CT molecular complexity index is 945. The molecule has 2 aromatic carbocycles. The predicted octanol–water partition coefficient (Wildman–Crippen LogP) is 3.57. The summed E-state index contributed by atoms with van der Waals surface area (Å²) in [6, 6.07) is 10.8. The van der Waals surface area contributed by atoms with E-state index in [0.29, 0.717) is 11.4 Å². The molecule has 3 rings (SSSR count). The molecule has 23 heavy (non-hydrogen) atoms. The van der Waals surface area contributed by atoms with Crippen LogP contribution in [0.2, 0.25) is 10.0 Å². The molecular formula is C13H8Cl2N5O2S-. The quantitative estimate of drug-likeness (QED) is 0.757. The fourth-order valence-electron chi connectivity index (χ4n) is 1.86. The first-order valence-corrected chi connectivity index (χ1v) is 8.43. The molecule has 1 aromatic heterocycles. The summed E-state index contributed by atoms with van der Waals surface area (Å²) >= 11 is 11.8. The smallest absolute Gasteiger partial charge is 0.204 e. The number of benzene rings is 2. The number of aromatic amines is 1. The minimum absolute atomic E-state index is 0.0627. The largest absolute Gasteiger partial charge is 0.573 e. The van der Waals surface area contributed by atoms with Crippen molar-refractivity contribution in [3.05, 3.63) is 57.2 Å². The number of rotatable bonds is 4. The first-order valence-electron chi connectivity index (χ1n) is 6.23. The molecule has 7 nitrogen and oxygen atoms in total. The monoisotopic (exact) mass is 368 g/mol. The van der Waals surface area contributed by atoms with Gasteiger partial charge in [0.15, 0.2) is 0 Å². The summed E-state index contributed by atoms with van der Waals surface area (Å²) in [6.45, 7) is 0. The van der Waals surface area contributed by atoms with Gasteiger partial charge in [-0.1, -0.05) is 53.5 Å². The lowest BCUT2D eigenvalue weighted by molar-refractivity contribution is 0.603. The first kappa shape index (κ1) is 15.7. The summed E-state index contributed by atoms with van der Waals surface area (Å²) in [5.41, 5.74) is 0.788. The number of nitrogens with one attached hydrogen (secondary N) is 1. The van der Waals surface area contributed by atoms with E-state index in [1.54, 1.807) is 18.2 Å². The average molecular weight is 369 g/mol. The molecule has 0 fully saturated rings. The van der Waals surface area contributed by atoms with Gasteiger partial charge in [0.05, 0.1) is 14.9 Å². The molecule has 0 amide bonds. The third-order valence-corrected chi connectivity index (χ3v) is 5.15. The SMILES string of the molecule is O=S(=O)([N-]c1cccc(-c2nn[nH]n2)c1)c1cccc(Cl)c1Cl. The van der Waals surface area contributed by atoms with E-state index >= 15 is 0 Å². The van der Waals surface area contributed by atoms with Crippen LogP contribution in [0.5, 0.6) is 0 Å². The molecular weight excluding hydrogens is 361 g/mol. The van der Waals surface area contributed by atoms with Crippen molar-refractivity contribution in [2.24, 2.45) is 0 Å². The van der Waals surface area contributed by atoms with Gasteiger partial charge in [-0.3, -0.25) is 0 Å². The van der Waals surface area contributed by atoms with Crippen LogP contribution in [0.15, 0.2) is 47.4 Å². The Kier molecular flexibility index (Phi) is 4.20. The molecule has 118 valence electrons. The molecule has 0 spiro atoms. The van der Waals surface area contributed by atoms with Crippen molar-refractivity contribution in [2.45, 2.75) is 4.90 Å². The Morgan fingerprint density at radius 3 is 2.61 bits per heavy atom. The van der Waals surface area contributed by atoms with Crippen molar-refractivity contribution < 1.29 is 8.42 Å².